The van der Waals surface area contributed by atoms with Gasteiger partial charge in [0.2, 0.25) is 0 Å². The molecule has 0 aliphatic carbocycles. The summed E-state index contributed by atoms with van der Waals surface area (Å²) in [5.41, 5.74) is 1.11. The Morgan fingerprint density at radius 2 is 2.11 bits per heavy atom. The van der Waals surface area contributed by atoms with E-state index in [1.807, 2.05) is 24.3 Å². The fraction of sp³-hybridized carbons (Fsp3) is 0.357. The quantitative estimate of drug-likeness (QED) is 0.754. The number of aliphatic carboxylic acids is 1. The van der Waals surface area contributed by atoms with Gasteiger partial charge < -0.3 is 14.7 Å². The molecule has 4 nitrogen and oxygen atoms in total. The standard InChI is InChI=1S/C14H19NO3/c1-3-15(4-2)12-7-5-8-13(11-12)18-10-6-9-14(16)17/h5-9,11H,3-4,10H2,1-2H3,(H,16,17). The number of nitrogens with zero attached hydrogens (tertiary/aromatic N) is 1. The maximum Gasteiger partial charge on any atom is 0.328 e. The lowest BCUT2D eigenvalue weighted by atomic mass is 10.2. The van der Waals surface area contributed by atoms with Gasteiger partial charge in [0.1, 0.15) is 12.4 Å². The Balaban J connectivity index is 2.62. The highest BCUT2D eigenvalue weighted by molar-refractivity contribution is 5.79. The van der Waals surface area contributed by atoms with Crippen LogP contribution in [0.25, 0.3) is 0 Å². The molecule has 0 aliphatic rings. The Morgan fingerprint density at radius 3 is 2.72 bits per heavy atom. The van der Waals surface area contributed by atoms with Gasteiger partial charge in [-0.2, -0.15) is 0 Å². The molecular weight excluding hydrogens is 230 g/mol. The Labute approximate surface area is 107 Å². The van der Waals surface area contributed by atoms with Gasteiger partial charge in [-0.3, -0.25) is 0 Å². The fourth-order valence-corrected chi connectivity index (χ4v) is 1.65. The van der Waals surface area contributed by atoms with Crippen molar-refractivity contribution in [2.24, 2.45) is 0 Å². The number of rotatable bonds is 7. The predicted molar refractivity (Wildman–Crippen MR) is 72.3 cm³/mol. The molecule has 1 rings (SSSR count). The zero-order valence-corrected chi connectivity index (χ0v) is 10.8. The second kappa shape index (κ2) is 7.37. The summed E-state index contributed by atoms with van der Waals surface area (Å²) in [6, 6.07) is 7.79. The van der Waals surface area contributed by atoms with E-state index in [0.29, 0.717) is 0 Å². The molecule has 0 unspecified atom stereocenters. The first kappa shape index (κ1) is 14.1. The monoisotopic (exact) mass is 249 g/mol. The lowest BCUT2D eigenvalue weighted by molar-refractivity contribution is -0.131. The Hall–Kier alpha value is -1.97. The van der Waals surface area contributed by atoms with Gasteiger partial charge in [0.15, 0.2) is 0 Å². The molecule has 4 heteroatoms. The number of benzene rings is 1. The van der Waals surface area contributed by atoms with Crippen LogP contribution in [0.15, 0.2) is 36.4 Å². The molecule has 1 aromatic carbocycles. The number of carboxylic acid groups (broad SMARTS) is 1. The molecule has 1 aromatic rings. The number of carboxylic acids is 1. The number of ether oxygens (including phenoxy) is 1. The first-order valence-corrected chi connectivity index (χ1v) is 6.04. The number of carbonyl (C=O) groups is 1. The van der Waals surface area contributed by atoms with Crippen LogP contribution in [0, 0.1) is 0 Å². The SMILES string of the molecule is CCN(CC)c1cccc(OCC=CC(=O)O)c1. The third kappa shape index (κ3) is 4.49. The summed E-state index contributed by atoms with van der Waals surface area (Å²) in [6.45, 7) is 6.35. The van der Waals surface area contributed by atoms with Gasteiger partial charge in [0.25, 0.3) is 0 Å². The second-order valence-corrected chi connectivity index (χ2v) is 3.72. The van der Waals surface area contributed by atoms with Crippen molar-refractivity contribution in [1.29, 1.82) is 0 Å². The van der Waals surface area contributed by atoms with Crippen molar-refractivity contribution in [2.45, 2.75) is 13.8 Å². The molecule has 0 atom stereocenters. The third-order valence-corrected chi connectivity index (χ3v) is 2.55. The lowest BCUT2D eigenvalue weighted by Gasteiger charge is -2.21. The zero-order valence-electron chi connectivity index (χ0n) is 10.8. The van der Waals surface area contributed by atoms with E-state index in [1.165, 1.54) is 6.08 Å². The van der Waals surface area contributed by atoms with E-state index in [9.17, 15) is 4.79 Å². The average Bonchev–Trinajstić information content (AvgIpc) is 2.36. The maximum absolute atomic E-state index is 10.3. The number of anilines is 1. The van der Waals surface area contributed by atoms with Crippen LogP contribution in [-0.2, 0) is 4.79 Å². The molecular formula is C14H19NO3. The number of hydrogen-bond acceptors (Lipinski definition) is 3. The van der Waals surface area contributed by atoms with Crippen molar-refractivity contribution in [3.05, 3.63) is 36.4 Å². The van der Waals surface area contributed by atoms with Crippen LogP contribution in [0.2, 0.25) is 0 Å². The largest absolute Gasteiger partial charge is 0.489 e. The van der Waals surface area contributed by atoms with Crippen LogP contribution in [0.5, 0.6) is 5.75 Å². The summed E-state index contributed by atoms with van der Waals surface area (Å²) >= 11 is 0. The summed E-state index contributed by atoms with van der Waals surface area (Å²) in [4.78, 5) is 12.5. The molecule has 0 fully saturated rings. The molecule has 0 saturated carbocycles. The first-order valence-electron chi connectivity index (χ1n) is 6.04. The second-order valence-electron chi connectivity index (χ2n) is 3.72. The zero-order chi connectivity index (χ0) is 13.4. The van der Waals surface area contributed by atoms with Crippen LogP contribution in [0.1, 0.15) is 13.8 Å². The molecule has 18 heavy (non-hydrogen) atoms. The van der Waals surface area contributed by atoms with Crippen molar-refractivity contribution in [1.82, 2.24) is 0 Å². The summed E-state index contributed by atoms with van der Waals surface area (Å²) < 4.78 is 5.46. The normalized spacial score (nSPS) is 10.6. The lowest BCUT2D eigenvalue weighted by Crippen LogP contribution is -2.21. The summed E-state index contributed by atoms with van der Waals surface area (Å²) in [5, 5.41) is 8.44. The molecule has 98 valence electrons. The van der Waals surface area contributed by atoms with Crippen molar-refractivity contribution in [3.63, 3.8) is 0 Å². The minimum atomic E-state index is -0.963. The van der Waals surface area contributed by atoms with E-state index in [0.717, 1.165) is 30.6 Å². The van der Waals surface area contributed by atoms with Gasteiger partial charge in [-0.25, -0.2) is 4.79 Å². The van der Waals surface area contributed by atoms with Crippen LogP contribution >= 0.6 is 0 Å². The van der Waals surface area contributed by atoms with E-state index in [-0.39, 0.29) is 6.61 Å². The van der Waals surface area contributed by atoms with Gasteiger partial charge >= 0.3 is 5.97 Å². The molecule has 0 heterocycles. The van der Waals surface area contributed by atoms with E-state index in [4.69, 9.17) is 9.84 Å². The van der Waals surface area contributed by atoms with E-state index < -0.39 is 5.97 Å². The van der Waals surface area contributed by atoms with E-state index >= 15 is 0 Å². The van der Waals surface area contributed by atoms with E-state index in [2.05, 4.69) is 18.7 Å². The van der Waals surface area contributed by atoms with Crippen molar-refractivity contribution in [3.8, 4) is 5.75 Å². The van der Waals surface area contributed by atoms with Crippen LogP contribution in [0.3, 0.4) is 0 Å². The van der Waals surface area contributed by atoms with Crippen molar-refractivity contribution in [2.75, 3.05) is 24.6 Å². The summed E-state index contributed by atoms with van der Waals surface area (Å²) in [6.07, 6.45) is 2.56. The van der Waals surface area contributed by atoms with Crippen LogP contribution in [-0.4, -0.2) is 30.8 Å². The highest BCUT2D eigenvalue weighted by Gasteiger charge is 2.02. The minimum absolute atomic E-state index is 0.258. The van der Waals surface area contributed by atoms with E-state index in [1.54, 1.807) is 0 Å². The summed E-state index contributed by atoms with van der Waals surface area (Å²) in [7, 11) is 0. The predicted octanol–water partition coefficient (Wildman–Crippen LogP) is 2.55. The van der Waals surface area contributed by atoms with Crippen molar-refractivity contribution < 1.29 is 14.6 Å². The molecule has 0 amide bonds. The molecule has 0 aliphatic heterocycles. The highest BCUT2D eigenvalue weighted by Crippen LogP contribution is 2.20. The fourth-order valence-electron chi connectivity index (χ4n) is 1.65. The molecule has 0 radical (unpaired) electrons. The van der Waals surface area contributed by atoms with Gasteiger partial charge in [0, 0.05) is 30.9 Å². The first-order chi connectivity index (χ1) is 8.67. The maximum atomic E-state index is 10.3. The molecule has 0 spiro atoms. The van der Waals surface area contributed by atoms with Crippen LogP contribution < -0.4 is 9.64 Å². The molecule has 0 saturated heterocycles. The van der Waals surface area contributed by atoms with Gasteiger partial charge in [-0.05, 0) is 32.1 Å². The average molecular weight is 249 g/mol. The number of hydrogen-bond donors (Lipinski definition) is 1. The van der Waals surface area contributed by atoms with Crippen LogP contribution in [0.4, 0.5) is 5.69 Å². The highest BCUT2D eigenvalue weighted by atomic mass is 16.5. The molecule has 1 N–H and O–H groups in total. The Kier molecular flexibility index (Phi) is 5.77. The summed E-state index contributed by atoms with van der Waals surface area (Å²) in [5.74, 6) is -0.218. The van der Waals surface area contributed by atoms with Gasteiger partial charge in [0.05, 0.1) is 0 Å². The Morgan fingerprint density at radius 1 is 1.39 bits per heavy atom. The van der Waals surface area contributed by atoms with Gasteiger partial charge in [-0.1, -0.05) is 6.07 Å². The molecule has 0 bridgehead atoms. The Bertz CT molecular complexity index is 411. The minimum Gasteiger partial charge on any atom is -0.489 e. The van der Waals surface area contributed by atoms with Gasteiger partial charge in [-0.15, -0.1) is 0 Å². The topological polar surface area (TPSA) is 49.8 Å². The van der Waals surface area contributed by atoms with Crippen molar-refractivity contribution >= 4 is 11.7 Å². The smallest absolute Gasteiger partial charge is 0.328 e. The third-order valence-electron chi connectivity index (χ3n) is 2.55. The molecule has 0 aromatic heterocycles.